The van der Waals surface area contributed by atoms with Crippen LogP contribution >= 0.6 is 0 Å². The molecule has 0 radical (unpaired) electrons. The first-order valence-electron chi connectivity index (χ1n) is 9.61. The van der Waals surface area contributed by atoms with Crippen molar-refractivity contribution >= 4 is 33.2 Å². The molecule has 0 saturated heterocycles. The smallest absolute Gasteiger partial charge is 0.257 e. The van der Waals surface area contributed by atoms with Crippen molar-refractivity contribution in [2.24, 2.45) is 0 Å². The van der Waals surface area contributed by atoms with Crippen LogP contribution in [0.3, 0.4) is 0 Å². The van der Waals surface area contributed by atoms with Gasteiger partial charge in [-0.1, -0.05) is 13.0 Å². The van der Waals surface area contributed by atoms with Crippen LogP contribution in [0.25, 0.3) is 0 Å². The molecule has 3 N–H and O–H groups in total. The highest BCUT2D eigenvalue weighted by Gasteiger charge is 2.14. The van der Waals surface area contributed by atoms with Crippen molar-refractivity contribution in [3.05, 3.63) is 84.2 Å². The van der Waals surface area contributed by atoms with Gasteiger partial charge in [0.15, 0.2) is 0 Å². The summed E-state index contributed by atoms with van der Waals surface area (Å²) in [7, 11) is -3.59. The molecule has 1 aromatic heterocycles. The zero-order valence-corrected chi connectivity index (χ0v) is 17.6. The van der Waals surface area contributed by atoms with Crippen LogP contribution in [0.1, 0.15) is 34.1 Å². The number of amides is 2. The molecule has 0 atom stereocenters. The predicted octanol–water partition coefficient (Wildman–Crippen LogP) is 3.27. The summed E-state index contributed by atoms with van der Waals surface area (Å²) >= 11 is 0. The van der Waals surface area contributed by atoms with Crippen LogP contribution in [-0.2, 0) is 10.0 Å². The second-order valence-corrected chi connectivity index (χ2v) is 8.42. The quantitative estimate of drug-likeness (QED) is 0.499. The molecule has 9 heteroatoms. The number of rotatable bonds is 8. The number of carbonyl (C=O) groups is 2. The fourth-order valence-corrected chi connectivity index (χ4v) is 3.82. The molecule has 0 aliphatic rings. The van der Waals surface area contributed by atoms with E-state index in [0.29, 0.717) is 35.5 Å². The normalized spacial score (nSPS) is 11.0. The van der Waals surface area contributed by atoms with E-state index in [1.165, 1.54) is 30.5 Å². The lowest BCUT2D eigenvalue weighted by atomic mass is 10.2. The van der Waals surface area contributed by atoms with Crippen molar-refractivity contribution in [1.29, 1.82) is 0 Å². The number of hydrogen-bond acceptors (Lipinski definition) is 5. The van der Waals surface area contributed by atoms with Gasteiger partial charge in [-0.2, -0.15) is 0 Å². The van der Waals surface area contributed by atoms with E-state index >= 15 is 0 Å². The molecule has 160 valence electrons. The van der Waals surface area contributed by atoms with Gasteiger partial charge in [0, 0.05) is 35.9 Å². The number of hydrogen-bond donors (Lipinski definition) is 3. The van der Waals surface area contributed by atoms with Crippen LogP contribution in [0.4, 0.5) is 11.4 Å². The molecule has 3 rings (SSSR count). The van der Waals surface area contributed by atoms with E-state index in [1.54, 1.807) is 42.6 Å². The van der Waals surface area contributed by atoms with Gasteiger partial charge in [0.1, 0.15) is 0 Å². The van der Waals surface area contributed by atoms with E-state index in [1.807, 2.05) is 6.92 Å². The number of benzene rings is 2. The number of carbonyl (C=O) groups excluding carboxylic acids is 2. The van der Waals surface area contributed by atoms with Gasteiger partial charge in [0.2, 0.25) is 10.0 Å². The lowest BCUT2D eigenvalue weighted by Gasteiger charge is -2.10. The Balaban J connectivity index is 1.67. The second kappa shape index (κ2) is 9.96. The summed E-state index contributed by atoms with van der Waals surface area (Å²) in [5, 5.41) is 5.49. The van der Waals surface area contributed by atoms with Crippen LogP contribution in [0, 0.1) is 0 Å². The van der Waals surface area contributed by atoms with E-state index in [4.69, 9.17) is 0 Å². The fourth-order valence-electron chi connectivity index (χ4n) is 2.68. The molecule has 3 aromatic rings. The van der Waals surface area contributed by atoms with Gasteiger partial charge in [-0.15, -0.1) is 0 Å². The molecule has 0 fully saturated rings. The van der Waals surface area contributed by atoms with E-state index < -0.39 is 15.9 Å². The Morgan fingerprint density at radius 3 is 2.10 bits per heavy atom. The maximum atomic E-state index is 12.5. The lowest BCUT2D eigenvalue weighted by molar-refractivity contribution is 0.101. The Morgan fingerprint density at radius 2 is 1.52 bits per heavy atom. The van der Waals surface area contributed by atoms with Gasteiger partial charge in [-0.25, -0.2) is 13.1 Å². The molecule has 2 aromatic carbocycles. The van der Waals surface area contributed by atoms with Gasteiger partial charge < -0.3 is 10.6 Å². The zero-order chi connectivity index (χ0) is 22.3. The Labute approximate surface area is 180 Å². The Bertz CT molecular complexity index is 1160. The number of aromatic nitrogens is 1. The summed E-state index contributed by atoms with van der Waals surface area (Å²) in [6, 6.07) is 15.7. The largest absolute Gasteiger partial charge is 0.322 e. The molecule has 0 aliphatic heterocycles. The predicted molar refractivity (Wildman–Crippen MR) is 119 cm³/mol. The molecular formula is C22H22N4O4S. The SMILES string of the molecule is CCCNS(=O)(=O)c1ccc(C(=O)Nc2cccc(NC(=O)c3cccnc3)c2)cc1. The average molecular weight is 439 g/mol. The maximum Gasteiger partial charge on any atom is 0.257 e. The third kappa shape index (κ3) is 5.97. The van der Waals surface area contributed by atoms with Crippen molar-refractivity contribution < 1.29 is 18.0 Å². The van der Waals surface area contributed by atoms with Gasteiger partial charge >= 0.3 is 0 Å². The molecule has 8 nitrogen and oxygen atoms in total. The van der Waals surface area contributed by atoms with Crippen LogP contribution in [0.15, 0.2) is 78.0 Å². The molecule has 0 saturated carbocycles. The first-order valence-corrected chi connectivity index (χ1v) is 11.1. The van der Waals surface area contributed by atoms with Crippen molar-refractivity contribution in [3.63, 3.8) is 0 Å². The molecule has 0 aliphatic carbocycles. The maximum absolute atomic E-state index is 12.5. The van der Waals surface area contributed by atoms with Crippen LogP contribution in [-0.4, -0.2) is 31.8 Å². The molecule has 0 spiro atoms. The highest BCUT2D eigenvalue weighted by molar-refractivity contribution is 7.89. The van der Waals surface area contributed by atoms with Crippen molar-refractivity contribution in [2.45, 2.75) is 18.2 Å². The summed E-state index contributed by atoms with van der Waals surface area (Å²) < 4.78 is 26.8. The van der Waals surface area contributed by atoms with Gasteiger partial charge in [-0.05, 0) is 61.0 Å². The molecule has 1 heterocycles. The van der Waals surface area contributed by atoms with Crippen LogP contribution in [0.5, 0.6) is 0 Å². The molecule has 0 bridgehead atoms. The third-order valence-electron chi connectivity index (χ3n) is 4.27. The summed E-state index contributed by atoms with van der Waals surface area (Å²) in [5.74, 6) is -0.716. The highest BCUT2D eigenvalue weighted by Crippen LogP contribution is 2.18. The monoisotopic (exact) mass is 438 g/mol. The van der Waals surface area contributed by atoms with E-state index in [-0.39, 0.29) is 10.8 Å². The van der Waals surface area contributed by atoms with Crippen molar-refractivity contribution in [2.75, 3.05) is 17.2 Å². The van der Waals surface area contributed by atoms with E-state index in [2.05, 4.69) is 20.3 Å². The molecule has 2 amide bonds. The van der Waals surface area contributed by atoms with Gasteiger partial charge in [0.05, 0.1) is 10.5 Å². The number of pyridine rings is 1. The van der Waals surface area contributed by atoms with Gasteiger partial charge in [-0.3, -0.25) is 14.6 Å². The molecular weight excluding hydrogens is 416 g/mol. The first kappa shape index (κ1) is 22.1. The summed E-state index contributed by atoms with van der Waals surface area (Å²) in [4.78, 5) is 28.8. The summed E-state index contributed by atoms with van der Waals surface area (Å²) in [6.45, 7) is 2.22. The lowest BCUT2D eigenvalue weighted by Crippen LogP contribution is -2.24. The van der Waals surface area contributed by atoms with Crippen molar-refractivity contribution in [1.82, 2.24) is 9.71 Å². The zero-order valence-electron chi connectivity index (χ0n) is 16.8. The number of nitrogens with zero attached hydrogens (tertiary/aromatic N) is 1. The summed E-state index contributed by atoms with van der Waals surface area (Å²) in [6.07, 6.45) is 3.72. The summed E-state index contributed by atoms with van der Waals surface area (Å²) in [5.41, 5.74) is 1.71. The minimum absolute atomic E-state index is 0.0950. The fraction of sp³-hybridized carbons (Fsp3) is 0.136. The number of sulfonamides is 1. The van der Waals surface area contributed by atoms with E-state index in [0.717, 1.165) is 0 Å². The van der Waals surface area contributed by atoms with Crippen molar-refractivity contribution in [3.8, 4) is 0 Å². The second-order valence-electron chi connectivity index (χ2n) is 6.65. The molecule has 0 unspecified atom stereocenters. The standard InChI is InChI=1S/C22H22N4O4S/c1-2-12-24-31(29,30)20-10-8-16(9-11-20)21(27)25-18-6-3-7-19(14-18)26-22(28)17-5-4-13-23-15-17/h3-11,13-15,24H,2,12H2,1H3,(H,25,27)(H,26,28). The minimum Gasteiger partial charge on any atom is -0.322 e. The molecule has 31 heavy (non-hydrogen) atoms. The number of nitrogens with one attached hydrogen (secondary N) is 3. The third-order valence-corrected chi connectivity index (χ3v) is 5.75. The Hall–Kier alpha value is -3.56. The van der Waals surface area contributed by atoms with E-state index in [9.17, 15) is 18.0 Å². The Kier molecular flexibility index (Phi) is 7.11. The van der Waals surface area contributed by atoms with Gasteiger partial charge in [0.25, 0.3) is 11.8 Å². The van der Waals surface area contributed by atoms with Crippen LogP contribution in [0.2, 0.25) is 0 Å². The number of anilines is 2. The van der Waals surface area contributed by atoms with Crippen LogP contribution < -0.4 is 15.4 Å². The average Bonchev–Trinajstić information content (AvgIpc) is 2.78. The first-order chi connectivity index (χ1) is 14.9. The topological polar surface area (TPSA) is 117 Å². The Morgan fingerprint density at radius 1 is 0.871 bits per heavy atom. The highest BCUT2D eigenvalue weighted by atomic mass is 32.2. The minimum atomic E-state index is -3.59.